The number of rotatable bonds is 3. The van der Waals surface area contributed by atoms with Crippen LogP contribution >= 0.6 is 11.3 Å². The summed E-state index contributed by atoms with van der Waals surface area (Å²) in [5.41, 5.74) is 2.52. The van der Waals surface area contributed by atoms with Gasteiger partial charge in [-0.2, -0.15) is 5.10 Å². The van der Waals surface area contributed by atoms with Crippen LogP contribution in [0.1, 0.15) is 29.3 Å². The maximum Gasteiger partial charge on any atom is 0.108 e. The quantitative estimate of drug-likeness (QED) is 0.743. The maximum atomic E-state index is 4.75. The first-order chi connectivity index (χ1) is 10.8. The van der Waals surface area contributed by atoms with E-state index < -0.39 is 0 Å². The maximum absolute atomic E-state index is 4.75. The van der Waals surface area contributed by atoms with Crippen molar-refractivity contribution in [2.75, 3.05) is 13.1 Å². The van der Waals surface area contributed by atoms with Gasteiger partial charge in [0.1, 0.15) is 5.01 Å². The zero-order chi connectivity index (χ0) is 14.9. The van der Waals surface area contributed by atoms with Gasteiger partial charge in [-0.1, -0.05) is 12.1 Å². The van der Waals surface area contributed by atoms with Crippen LogP contribution in [-0.2, 0) is 13.6 Å². The molecule has 114 valence electrons. The molecule has 5 heteroatoms. The predicted molar refractivity (Wildman–Crippen MR) is 90.1 cm³/mol. The first-order valence-electron chi connectivity index (χ1n) is 7.83. The van der Waals surface area contributed by atoms with Crippen molar-refractivity contribution in [3.63, 3.8) is 0 Å². The Hall–Kier alpha value is -1.72. The zero-order valence-corrected chi connectivity index (χ0v) is 13.6. The number of para-hydroxylation sites is 1. The van der Waals surface area contributed by atoms with Gasteiger partial charge >= 0.3 is 0 Å². The largest absolute Gasteiger partial charge is 0.297 e. The molecule has 0 N–H and O–H groups in total. The second kappa shape index (κ2) is 5.82. The van der Waals surface area contributed by atoms with Crippen LogP contribution in [0, 0.1) is 0 Å². The normalized spacial score (nSPS) is 17.3. The van der Waals surface area contributed by atoms with E-state index in [0.717, 1.165) is 25.2 Å². The van der Waals surface area contributed by atoms with Crippen LogP contribution in [-0.4, -0.2) is 32.8 Å². The molecule has 1 fully saturated rings. The van der Waals surface area contributed by atoms with Crippen LogP contribution < -0.4 is 0 Å². The molecule has 0 aliphatic carbocycles. The predicted octanol–water partition coefficient (Wildman–Crippen LogP) is 3.41. The number of nitrogens with zero attached hydrogens (tertiary/aromatic N) is 4. The lowest BCUT2D eigenvalue weighted by Gasteiger charge is -2.30. The third-order valence-corrected chi connectivity index (χ3v) is 5.50. The van der Waals surface area contributed by atoms with Gasteiger partial charge in [0.2, 0.25) is 0 Å². The lowest BCUT2D eigenvalue weighted by Crippen LogP contribution is -2.32. The number of aromatic nitrogens is 3. The summed E-state index contributed by atoms with van der Waals surface area (Å²) in [6, 6.07) is 8.41. The number of hydrogen-bond acceptors (Lipinski definition) is 4. The van der Waals surface area contributed by atoms with Gasteiger partial charge < -0.3 is 0 Å². The van der Waals surface area contributed by atoms with E-state index in [2.05, 4.69) is 40.5 Å². The molecule has 0 spiro atoms. The van der Waals surface area contributed by atoms with Crippen LogP contribution in [0.4, 0.5) is 0 Å². The highest BCUT2D eigenvalue weighted by Crippen LogP contribution is 2.29. The SMILES string of the molecule is Cn1cc(C2CCN(Cc3nc4ccccc4s3)CC2)cn1. The van der Waals surface area contributed by atoms with Gasteiger partial charge in [-0.3, -0.25) is 9.58 Å². The molecule has 0 saturated carbocycles. The van der Waals surface area contributed by atoms with Crippen LogP contribution in [0.25, 0.3) is 10.2 Å². The van der Waals surface area contributed by atoms with Crippen molar-refractivity contribution >= 4 is 21.6 Å². The summed E-state index contributed by atoms with van der Waals surface area (Å²) in [6.07, 6.45) is 6.62. The molecule has 2 aromatic heterocycles. The van der Waals surface area contributed by atoms with E-state index in [1.54, 1.807) is 0 Å². The number of hydrogen-bond donors (Lipinski definition) is 0. The highest BCUT2D eigenvalue weighted by Gasteiger charge is 2.22. The molecule has 1 aliphatic rings. The smallest absolute Gasteiger partial charge is 0.108 e. The van der Waals surface area contributed by atoms with E-state index in [9.17, 15) is 0 Å². The second-order valence-corrected chi connectivity index (χ2v) is 7.19. The molecule has 0 amide bonds. The van der Waals surface area contributed by atoms with Crippen molar-refractivity contribution in [1.29, 1.82) is 0 Å². The Kier molecular flexibility index (Phi) is 3.68. The number of likely N-dealkylation sites (tertiary alicyclic amines) is 1. The first kappa shape index (κ1) is 13.9. The van der Waals surface area contributed by atoms with E-state index in [-0.39, 0.29) is 0 Å². The van der Waals surface area contributed by atoms with Gasteiger partial charge in [-0.15, -0.1) is 11.3 Å². The third kappa shape index (κ3) is 2.78. The molecule has 3 aromatic rings. The molecule has 0 bridgehead atoms. The Morgan fingerprint density at radius 2 is 2.05 bits per heavy atom. The Bertz CT molecular complexity index is 735. The molecule has 0 radical (unpaired) electrons. The molecule has 4 rings (SSSR count). The fourth-order valence-corrected chi connectivity index (χ4v) is 4.26. The van der Waals surface area contributed by atoms with Crippen molar-refractivity contribution < 1.29 is 0 Å². The van der Waals surface area contributed by atoms with E-state index in [1.807, 2.05) is 29.3 Å². The second-order valence-electron chi connectivity index (χ2n) is 6.07. The highest BCUT2D eigenvalue weighted by molar-refractivity contribution is 7.18. The van der Waals surface area contributed by atoms with Gasteiger partial charge in [0.25, 0.3) is 0 Å². The minimum absolute atomic E-state index is 0.667. The summed E-state index contributed by atoms with van der Waals surface area (Å²) in [5.74, 6) is 0.667. The molecular formula is C17H20N4S. The lowest BCUT2D eigenvalue weighted by molar-refractivity contribution is 0.204. The average molecular weight is 312 g/mol. The molecule has 1 aromatic carbocycles. The third-order valence-electron chi connectivity index (χ3n) is 4.48. The monoisotopic (exact) mass is 312 g/mol. The van der Waals surface area contributed by atoms with Crippen molar-refractivity contribution in [3.05, 3.63) is 47.2 Å². The topological polar surface area (TPSA) is 34.0 Å². The van der Waals surface area contributed by atoms with Gasteiger partial charge in [0, 0.05) is 13.2 Å². The molecule has 22 heavy (non-hydrogen) atoms. The molecule has 0 atom stereocenters. The summed E-state index contributed by atoms with van der Waals surface area (Å²) in [6.45, 7) is 3.28. The number of piperidine rings is 1. The molecule has 0 unspecified atom stereocenters. The summed E-state index contributed by atoms with van der Waals surface area (Å²) in [5, 5.41) is 5.53. The van der Waals surface area contributed by atoms with Crippen LogP contribution in [0.2, 0.25) is 0 Å². The number of fused-ring (bicyclic) bond motifs is 1. The molecular weight excluding hydrogens is 292 g/mol. The van der Waals surface area contributed by atoms with Crippen molar-refractivity contribution in [3.8, 4) is 0 Å². The zero-order valence-electron chi connectivity index (χ0n) is 12.8. The van der Waals surface area contributed by atoms with Crippen LogP contribution in [0.15, 0.2) is 36.7 Å². The summed E-state index contributed by atoms with van der Waals surface area (Å²) in [7, 11) is 1.99. The minimum Gasteiger partial charge on any atom is -0.297 e. The van der Waals surface area contributed by atoms with Crippen molar-refractivity contribution in [2.24, 2.45) is 7.05 Å². The van der Waals surface area contributed by atoms with E-state index in [1.165, 1.54) is 28.1 Å². The van der Waals surface area contributed by atoms with E-state index in [0.29, 0.717) is 5.92 Å². The minimum atomic E-state index is 0.667. The fraction of sp³-hybridized carbons (Fsp3) is 0.412. The van der Waals surface area contributed by atoms with Crippen molar-refractivity contribution in [1.82, 2.24) is 19.7 Å². The Labute approximate surface area is 134 Å². The Balaban J connectivity index is 1.39. The summed E-state index contributed by atoms with van der Waals surface area (Å²) < 4.78 is 3.20. The van der Waals surface area contributed by atoms with Crippen molar-refractivity contribution in [2.45, 2.75) is 25.3 Å². The summed E-state index contributed by atoms with van der Waals surface area (Å²) in [4.78, 5) is 7.28. The molecule has 3 heterocycles. The number of thiazole rings is 1. The Morgan fingerprint density at radius 1 is 1.23 bits per heavy atom. The Morgan fingerprint density at radius 3 is 2.77 bits per heavy atom. The average Bonchev–Trinajstić information content (AvgIpc) is 3.13. The van der Waals surface area contributed by atoms with Gasteiger partial charge in [-0.25, -0.2) is 4.98 Å². The van der Waals surface area contributed by atoms with E-state index in [4.69, 9.17) is 4.98 Å². The first-order valence-corrected chi connectivity index (χ1v) is 8.65. The van der Waals surface area contributed by atoms with Crippen LogP contribution in [0.3, 0.4) is 0 Å². The van der Waals surface area contributed by atoms with Gasteiger partial charge in [-0.05, 0) is 49.5 Å². The summed E-state index contributed by atoms with van der Waals surface area (Å²) >= 11 is 1.83. The number of benzene rings is 1. The molecule has 4 nitrogen and oxygen atoms in total. The highest BCUT2D eigenvalue weighted by atomic mass is 32.1. The molecule has 1 aliphatic heterocycles. The molecule has 1 saturated heterocycles. The standard InChI is InChI=1S/C17H20N4S/c1-20-11-14(10-18-20)13-6-8-21(9-7-13)12-17-19-15-4-2-3-5-16(15)22-17/h2-5,10-11,13H,6-9,12H2,1H3. The number of aryl methyl sites for hydroxylation is 1. The van der Waals surface area contributed by atoms with Crippen LogP contribution in [0.5, 0.6) is 0 Å². The van der Waals surface area contributed by atoms with Gasteiger partial charge in [0.15, 0.2) is 0 Å². The van der Waals surface area contributed by atoms with Gasteiger partial charge in [0.05, 0.1) is 23.0 Å². The van der Waals surface area contributed by atoms with E-state index >= 15 is 0 Å². The lowest BCUT2D eigenvalue weighted by atomic mass is 9.92. The fourth-order valence-electron chi connectivity index (χ4n) is 3.25.